The van der Waals surface area contributed by atoms with E-state index >= 15 is 0 Å². The van der Waals surface area contributed by atoms with Crippen LogP contribution in [0, 0.1) is 0 Å². The molecule has 1 aliphatic heterocycles. The lowest BCUT2D eigenvalue weighted by Crippen LogP contribution is -2.52. The van der Waals surface area contributed by atoms with Crippen molar-refractivity contribution in [2.24, 2.45) is 5.73 Å². The fraction of sp³-hybridized carbons (Fsp3) is 0.562. The third kappa shape index (κ3) is 6.45. The van der Waals surface area contributed by atoms with Crippen molar-refractivity contribution in [1.82, 2.24) is 9.62 Å². The number of nitrogens with zero attached hydrogens (tertiary/aromatic N) is 1. The molecule has 142 valence electrons. The first-order chi connectivity index (χ1) is 11.4. The number of nitrogens with two attached hydrogens (primary N) is 1. The van der Waals surface area contributed by atoms with Crippen molar-refractivity contribution in [3.05, 3.63) is 30.3 Å². The number of nitrogens with one attached hydrogen (secondary N) is 1. The first kappa shape index (κ1) is 22.2. The molecule has 25 heavy (non-hydrogen) atoms. The Morgan fingerprint density at radius 1 is 1.32 bits per heavy atom. The number of hydrogen-bond acceptors (Lipinski definition) is 5. The second kappa shape index (κ2) is 10.4. The first-order valence-corrected chi connectivity index (χ1v) is 10.9. The van der Waals surface area contributed by atoms with E-state index in [0.717, 1.165) is 12.8 Å². The zero-order valence-electron chi connectivity index (χ0n) is 14.3. The minimum absolute atomic E-state index is 0. The van der Waals surface area contributed by atoms with E-state index in [0.29, 0.717) is 25.3 Å². The Morgan fingerprint density at radius 2 is 1.92 bits per heavy atom. The predicted molar refractivity (Wildman–Crippen MR) is 105 cm³/mol. The van der Waals surface area contributed by atoms with Gasteiger partial charge < -0.3 is 10.6 Å². The molecule has 1 atom stereocenters. The Morgan fingerprint density at radius 3 is 2.48 bits per heavy atom. The molecule has 1 fully saturated rings. The van der Waals surface area contributed by atoms with E-state index in [1.54, 1.807) is 34.9 Å². The average molecular weight is 408 g/mol. The number of piperidine rings is 1. The van der Waals surface area contributed by atoms with E-state index in [9.17, 15) is 13.2 Å². The minimum atomic E-state index is -3.72. The molecule has 1 aliphatic rings. The SMILES string of the molecule is CSCCC(NS(=O)(=O)c1ccccc1)C(=O)N1CCC(N)CC1.Cl. The van der Waals surface area contributed by atoms with Gasteiger partial charge >= 0.3 is 0 Å². The summed E-state index contributed by atoms with van der Waals surface area (Å²) in [5.41, 5.74) is 5.88. The molecule has 2 rings (SSSR count). The number of carbonyl (C=O) groups is 1. The van der Waals surface area contributed by atoms with Crippen molar-refractivity contribution in [1.29, 1.82) is 0 Å². The topological polar surface area (TPSA) is 92.5 Å². The van der Waals surface area contributed by atoms with E-state index in [4.69, 9.17) is 5.73 Å². The monoisotopic (exact) mass is 407 g/mol. The van der Waals surface area contributed by atoms with Crippen LogP contribution in [0.1, 0.15) is 19.3 Å². The maximum absolute atomic E-state index is 12.8. The van der Waals surface area contributed by atoms with Crippen LogP contribution in [-0.4, -0.2) is 56.4 Å². The van der Waals surface area contributed by atoms with Gasteiger partial charge in [0.1, 0.15) is 6.04 Å². The Hall–Kier alpha value is -0.800. The second-order valence-corrected chi connectivity index (χ2v) is 8.63. The molecule has 0 bridgehead atoms. The Bertz CT molecular complexity index is 635. The van der Waals surface area contributed by atoms with Crippen molar-refractivity contribution < 1.29 is 13.2 Å². The molecule has 1 unspecified atom stereocenters. The van der Waals surface area contributed by atoms with Crippen LogP contribution in [0.25, 0.3) is 0 Å². The van der Waals surface area contributed by atoms with Crippen LogP contribution in [0.5, 0.6) is 0 Å². The van der Waals surface area contributed by atoms with E-state index in [2.05, 4.69) is 4.72 Å². The van der Waals surface area contributed by atoms with E-state index in [1.165, 1.54) is 12.1 Å². The molecule has 6 nitrogen and oxygen atoms in total. The van der Waals surface area contributed by atoms with Crippen molar-refractivity contribution in [3.8, 4) is 0 Å². The summed E-state index contributed by atoms with van der Waals surface area (Å²) >= 11 is 1.59. The summed E-state index contributed by atoms with van der Waals surface area (Å²) in [5.74, 6) is 0.552. The zero-order chi connectivity index (χ0) is 17.6. The molecular formula is C16H26ClN3O3S2. The van der Waals surface area contributed by atoms with Crippen LogP contribution in [0.4, 0.5) is 0 Å². The Balaban J connectivity index is 0.00000312. The number of sulfonamides is 1. The van der Waals surface area contributed by atoms with Gasteiger partial charge in [-0.3, -0.25) is 4.79 Å². The van der Waals surface area contributed by atoms with Crippen LogP contribution in [0.2, 0.25) is 0 Å². The van der Waals surface area contributed by atoms with Crippen LogP contribution >= 0.6 is 24.2 Å². The van der Waals surface area contributed by atoms with Gasteiger partial charge in [-0.25, -0.2) is 8.42 Å². The fourth-order valence-electron chi connectivity index (χ4n) is 2.66. The van der Waals surface area contributed by atoms with Gasteiger partial charge in [-0.15, -0.1) is 12.4 Å². The molecule has 3 N–H and O–H groups in total. The van der Waals surface area contributed by atoms with Gasteiger partial charge in [-0.1, -0.05) is 18.2 Å². The highest BCUT2D eigenvalue weighted by atomic mass is 35.5. The lowest BCUT2D eigenvalue weighted by molar-refractivity contribution is -0.134. The molecule has 0 aromatic heterocycles. The fourth-order valence-corrected chi connectivity index (χ4v) is 4.38. The number of thioether (sulfide) groups is 1. The standard InChI is InChI=1S/C16H25N3O3S2.ClH/c1-23-12-9-15(16(20)19-10-7-13(17)8-11-19)18-24(21,22)14-5-3-2-4-6-14;/h2-6,13,15,18H,7-12,17H2,1H3;1H. The number of benzene rings is 1. The molecule has 0 radical (unpaired) electrons. The summed E-state index contributed by atoms with van der Waals surface area (Å²) in [6.07, 6.45) is 3.92. The number of carbonyl (C=O) groups excluding carboxylic acids is 1. The maximum Gasteiger partial charge on any atom is 0.241 e. The Labute approximate surface area is 160 Å². The smallest absolute Gasteiger partial charge is 0.241 e. The summed E-state index contributed by atoms with van der Waals surface area (Å²) in [6, 6.07) is 7.53. The van der Waals surface area contributed by atoms with E-state index in [-0.39, 0.29) is 29.3 Å². The average Bonchev–Trinajstić information content (AvgIpc) is 2.59. The van der Waals surface area contributed by atoms with Crippen LogP contribution in [0.15, 0.2) is 35.2 Å². The molecule has 1 saturated heterocycles. The molecular weight excluding hydrogens is 382 g/mol. The molecule has 0 spiro atoms. The van der Waals surface area contributed by atoms with Gasteiger partial charge in [0.05, 0.1) is 4.90 Å². The van der Waals surface area contributed by atoms with E-state index in [1.807, 2.05) is 6.26 Å². The Kier molecular flexibility index (Phi) is 9.23. The summed E-state index contributed by atoms with van der Waals surface area (Å²) in [5, 5.41) is 0. The molecule has 0 saturated carbocycles. The summed E-state index contributed by atoms with van der Waals surface area (Å²) in [6.45, 7) is 1.17. The van der Waals surface area contributed by atoms with E-state index < -0.39 is 16.1 Å². The third-order valence-corrected chi connectivity index (χ3v) is 6.24. The predicted octanol–water partition coefficient (Wildman–Crippen LogP) is 1.46. The van der Waals surface area contributed by atoms with Crippen LogP contribution in [-0.2, 0) is 14.8 Å². The van der Waals surface area contributed by atoms with Crippen molar-refractivity contribution >= 4 is 40.1 Å². The van der Waals surface area contributed by atoms with Crippen molar-refractivity contribution in [3.63, 3.8) is 0 Å². The summed E-state index contributed by atoms with van der Waals surface area (Å²) in [4.78, 5) is 14.7. The molecule has 1 heterocycles. The van der Waals surface area contributed by atoms with Gasteiger partial charge in [0.15, 0.2) is 0 Å². The molecule has 9 heteroatoms. The highest BCUT2D eigenvalue weighted by molar-refractivity contribution is 7.98. The number of halogens is 1. The normalized spacial score (nSPS) is 17.0. The van der Waals surface area contributed by atoms with Gasteiger partial charge in [-0.2, -0.15) is 16.5 Å². The first-order valence-electron chi connectivity index (χ1n) is 8.04. The van der Waals surface area contributed by atoms with Crippen LogP contribution < -0.4 is 10.5 Å². The lowest BCUT2D eigenvalue weighted by atomic mass is 10.0. The maximum atomic E-state index is 12.8. The van der Waals surface area contributed by atoms with Gasteiger partial charge in [0.25, 0.3) is 0 Å². The van der Waals surface area contributed by atoms with Crippen molar-refractivity contribution in [2.75, 3.05) is 25.1 Å². The third-order valence-electron chi connectivity index (χ3n) is 4.11. The van der Waals surface area contributed by atoms with Gasteiger partial charge in [0, 0.05) is 19.1 Å². The van der Waals surface area contributed by atoms with Gasteiger partial charge in [-0.05, 0) is 43.4 Å². The molecule has 1 aromatic rings. The molecule has 0 aliphatic carbocycles. The second-order valence-electron chi connectivity index (χ2n) is 5.93. The highest BCUT2D eigenvalue weighted by Gasteiger charge is 2.30. The van der Waals surface area contributed by atoms with Crippen molar-refractivity contribution in [2.45, 2.75) is 36.2 Å². The number of likely N-dealkylation sites (tertiary alicyclic amines) is 1. The zero-order valence-corrected chi connectivity index (χ0v) is 16.7. The minimum Gasteiger partial charge on any atom is -0.341 e. The largest absolute Gasteiger partial charge is 0.341 e. The molecule has 1 aromatic carbocycles. The summed E-state index contributed by atoms with van der Waals surface area (Å²) < 4.78 is 27.7. The number of amides is 1. The lowest BCUT2D eigenvalue weighted by Gasteiger charge is -2.33. The quantitative estimate of drug-likeness (QED) is 0.713. The highest BCUT2D eigenvalue weighted by Crippen LogP contribution is 2.15. The number of hydrogen-bond donors (Lipinski definition) is 2. The van der Waals surface area contributed by atoms with Gasteiger partial charge in [0.2, 0.25) is 15.9 Å². The molecule has 1 amide bonds. The van der Waals surface area contributed by atoms with Crippen LogP contribution in [0.3, 0.4) is 0 Å². The number of rotatable bonds is 7. The summed E-state index contributed by atoms with van der Waals surface area (Å²) in [7, 11) is -3.72.